The fourth-order valence-corrected chi connectivity index (χ4v) is 1.35. The topological polar surface area (TPSA) is 20.2 Å². The molecule has 0 aromatic heterocycles. The van der Waals surface area contributed by atoms with Crippen molar-refractivity contribution in [2.24, 2.45) is 0 Å². The molecule has 0 heterocycles. The van der Waals surface area contributed by atoms with E-state index >= 15 is 0 Å². The van der Waals surface area contributed by atoms with Crippen molar-refractivity contribution < 1.29 is 13.9 Å². The van der Waals surface area contributed by atoms with Crippen LogP contribution in [0.2, 0.25) is 0 Å². The zero-order valence-electron chi connectivity index (χ0n) is 8.51. The standard InChI is InChI=1S/C11H14F2O/c1-6(2)8-4-9(7(3)14)11(13)5-10(8)12/h4-7,14H,1-3H3. The Morgan fingerprint density at radius 3 is 1.93 bits per heavy atom. The van der Waals surface area contributed by atoms with Crippen LogP contribution >= 0.6 is 0 Å². The van der Waals surface area contributed by atoms with Crippen LogP contribution in [0.1, 0.15) is 43.9 Å². The summed E-state index contributed by atoms with van der Waals surface area (Å²) in [7, 11) is 0. The normalized spacial score (nSPS) is 13.4. The summed E-state index contributed by atoms with van der Waals surface area (Å²) >= 11 is 0. The number of benzene rings is 1. The molecule has 1 rings (SSSR count). The van der Waals surface area contributed by atoms with E-state index in [0.717, 1.165) is 6.07 Å². The first-order valence-electron chi connectivity index (χ1n) is 4.60. The fourth-order valence-electron chi connectivity index (χ4n) is 1.35. The van der Waals surface area contributed by atoms with Gasteiger partial charge >= 0.3 is 0 Å². The van der Waals surface area contributed by atoms with Gasteiger partial charge in [0.25, 0.3) is 0 Å². The number of hydrogen-bond donors (Lipinski definition) is 1. The fraction of sp³-hybridized carbons (Fsp3) is 0.455. The van der Waals surface area contributed by atoms with Gasteiger partial charge in [-0.15, -0.1) is 0 Å². The zero-order chi connectivity index (χ0) is 10.9. The van der Waals surface area contributed by atoms with Crippen LogP contribution in [-0.2, 0) is 0 Å². The molecule has 0 radical (unpaired) electrons. The second kappa shape index (κ2) is 4.05. The van der Waals surface area contributed by atoms with Crippen LogP contribution in [0, 0.1) is 11.6 Å². The van der Waals surface area contributed by atoms with Crippen molar-refractivity contribution in [3.8, 4) is 0 Å². The molecule has 1 aromatic rings. The Kier molecular flexibility index (Phi) is 3.21. The Morgan fingerprint density at radius 1 is 1.00 bits per heavy atom. The average molecular weight is 200 g/mol. The van der Waals surface area contributed by atoms with Gasteiger partial charge in [-0.25, -0.2) is 8.78 Å². The summed E-state index contributed by atoms with van der Waals surface area (Å²) in [6.07, 6.45) is -0.909. The molecule has 0 amide bonds. The molecule has 0 fully saturated rings. The molecule has 0 bridgehead atoms. The molecule has 0 spiro atoms. The summed E-state index contributed by atoms with van der Waals surface area (Å²) in [4.78, 5) is 0. The third-order valence-electron chi connectivity index (χ3n) is 2.19. The van der Waals surface area contributed by atoms with Crippen LogP contribution < -0.4 is 0 Å². The predicted octanol–water partition coefficient (Wildman–Crippen LogP) is 3.14. The van der Waals surface area contributed by atoms with E-state index in [4.69, 9.17) is 0 Å². The van der Waals surface area contributed by atoms with Gasteiger partial charge in [-0.05, 0) is 24.5 Å². The second-order valence-corrected chi connectivity index (χ2v) is 3.73. The minimum Gasteiger partial charge on any atom is -0.389 e. The second-order valence-electron chi connectivity index (χ2n) is 3.73. The molecule has 3 heteroatoms. The number of rotatable bonds is 2. The van der Waals surface area contributed by atoms with Gasteiger partial charge in [0.05, 0.1) is 6.10 Å². The van der Waals surface area contributed by atoms with Gasteiger partial charge in [-0.1, -0.05) is 13.8 Å². The average Bonchev–Trinajstić information content (AvgIpc) is 2.02. The zero-order valence-corrected chi connectivity index (χ0v) is 8.51. The summed E-state index contributed by atoms with van der Waals surface area (Å²) < 4.78 is 26.4. The van der Waals surface area contributed by atoms with Crippen molar-refractivity contribution in [2.75, 3.05) is 0 Å². The Bertz CT molecular complexity index is 303. The molecule has 1 N–H and O–H groups in total. The predicted molar refractivity (Wildman–Crippen MR) is 51.1 cm³/mol. The van der Waals surface area contributed by atoms with Crippen LogP contribution in [0.4, 0.5) is 8.78 Å². The quantitative estimate of drug-likeness (QED) is 0.777. The highest BCUT2D eigenvalue weighted by Gasteiger charge is 2.14. The van der Waals surface area contributed by atoms with E-state index in [0.29, 0.717) is 5.56 Å². The molecule has 0 saturated carbocycles. The Morgan fingerprint density at radius 2 is 1.50 bits per heavy atom. The van der Waals surface area contributed by atoms with E-state index in [1.54, 1.807) is 0 Å². The van der Waals surface area contributed by atoms with E-state index in [2.05, 4.69) is 0 Å². The summed E-state index contributed by atoms with van der Waals surface area (Å²) in [6.45, 7) is 5.10. The highest BCUT2D eigenvalue weighted by molar-refractivity contribution is 5.29. The van der Waals surface area contributed by atoms with E-state index in [1.165, 1.54) is 13.0 Å². The molecule has 1 atom stereocenters. The first kappa shape index (κ1) is 11.1. The Labute approximate surface area is 82.4 Å². The molecular formula is C11H14F2O. The van der Waals surface area contributed by atoms with Gasteiger partial charge < -0.3 is 5.11 Å². The first-order valence-corrected chi connectivity index (χ1v) is 4.60. The summed E-state index contributed by atoms with van der Waals surface area (Å²) in [5, 5.41) is 9.24. The van der Waals surface area contributed by atoms with E-state index in [1.807, 2.05) is 13.8 Å². The number of aliphatic hydroxyl groups excluding tert-OH is 1. The highest BCUT2D eigenvalue weighted by atomic mass is 19.1. The lowest BCUT2D eigenvalue weighted by molar-refractivity contribution is 0.194. The largest absolute Gasteiger partial charge is 0.389 e. The first-order chi connectivity index (χ1) is 6.43. The van der Waals surface area contributed by atoms with Gasteiger partial charge in [0.1, 0.15) is 11.6 Å². The van der Waals surface area contributed by atoms with Gasteiger partial charge in [-0.2, -0.15) is 0 Å². The number of hydrogen-bond acceptors (Lipinski definition) is 1. The molecule has 1 aromatic carbocycles. The van der Waals surface area contributed by atoms with E-state index in [9.17, 15) is 13.9 Å². The number of halogens is 2. The van der Waals surface area contributed by atoms with E-state index in [-0.39, 0.29) is 11.5 Å². The lowest BCUT2D eigenvalue weighted by atomic mass is 9.98. The van der Waals surface area contributed by atoms with Crippen LogP contribution in [0.5, 0.6) is 0 Å². The van der Waals surface area contributed by atoms with Crippen LogP contribution in [0.25, 0.3) is 0 Å². The summed E-state index contributed by atoms with van der Waals surface area (Å²) in [6, 6.07) is 2.22. The van der Waals surface area contributed by atoms with Crippen molar-refractivity contribution in [3.63, 3.8) is 0 Å². The maximum absolute atomic E-state index is 13.2. The van der Waals surface area contributed by atoms with Crippen LogP contribution in [-0.4, -0.2) is 5.11 Å². The highest BCUT2D eigenvalue weighted by Crippen LogP contribution is 2.25. The van der Waals surface area contributed by atoms with Crippen molar-refractivity contribution >= 4 is 0 Å². The molecule has 0 aliphatic carbocycles. The van der Waals surface area contributed by atoms with Crippen molar-refractivity contribution in [3.05, 3.63) is 34.9 Å². The summed E-state index contributed by atoms with van der Waals surface area (Å²) in [5.41, 5.74) is 0.581. The lowest BCUT2D eigenvalue weighted by Crippen LogP contribution is -2.02. The third-order valence-corrected chi connectivity index (χ3v) is 2.19. The summed E-state index contributed by atoms with van der Waals surface area (Å²) in [5.74, 6) is -1.27. The van der Waals surface area contributed by atoms with Crippen molar-refractivity contribution in [1.82, 2.24) is 0 Å². The van der Waals surface area contributed by atoms with Crippen molar-refractivity contribution in [2.45, 2.75) is 32.8 Å². The molecule has 0 saturated heterocycles. The lowest BCUT2D eigenvalue weighted by Gasteiger charge is -2.12. The Balaban J connectivity index is 3.27. The van der Waals surface area contributed by atoms with Gasteiger partial charge in [0.2, 0.25) is 0 Å². The molecular weight excluding hydrogens is 186 g/mol. The van der Waals surface area contributed by atoms with Crippen molar-refractivity contribution in [1.29, 1.82) is 0 Å². The van der Waals surface area contributed by atoms with E-state index < -0.39 is 17.7 Å². The van der Waals surface area contributed by atoms with Gasteiger partial charge in [0, 0.05) is 11.6 Å². The molecule has 0 aliphatic rings. The third kappa shape index (κ3) is 2.10. The van der Waals surface area contributed by atoms with Crippen LogP contribution in [0.3, 0.4) is 0 Å². The molecule has 14 heavy (non-hydrogen) atoms. The van der Waals surface area contributed by atoms with Gasteiger partial charge in [-0.3, -0.25) is 0 Å². The molecule has 1 nitrogen and oxygen atoms in total. The minimum absolute atomic E-state index is 0.0203. The SMILES string of the molecule is CC(C)c1cc(C(C)O)c(F)cc1F. The molecule has 1 unspecified atom stereocenters. The molecule has 0 aliphatic heterocycles. The maximum atomic E-state index is 13.2. The maximum Gasteiger partial charge on any atom is 0.131 e. The molecule has 78 valence electrons. The van der Waals surface area contributed by atoms with Gasteiger partial charge in [0.15, 0.2) is 0 Å². The number of aliphatic hydroxyl groups is 1. The smallest absolute Gasteiger partial charge is 0.131 e. The minimum atomic E-state index is -0.909. The Hall–Kier alpha value is -0.960. The monoisotopic (exact) mass is 200 g/mol. The van der Waals surface area contributed by atoms with Crippen LogP contribution in [0.15, 0.2) is 12.1 Å².